The number of hydrogen-bond acceptors (Lipinski definition) is 2. The summed E-state index contributed by atoms with van der Waals surface area (Å²) in [4.78, 5) is 2.04. The average Bonchev–Trinajstić information content (AvgIpc) is 2.75. The Morgan fingerprint density at radius 2 is 2.10 bits per heavy atom. The average molecular weight is 296 g/mol. The molecule has 0 bridgehead atoms. The highest BCUT2D eigenvalue weighted by Gasteiger charge is 2.12. The second-order valence-electron chi connectivity index (χ2n) is 4.94. The van der Waals surface area contributed by atoms with Gasteiger partial charge in [0.25, 0.3) is 0 Å². The van der Waals surface area contributed by atoms with Crippen molar-refractivity contribution in [2.24, 2.45) is 0 Å². The molecule has 0 aliphatic rings. The van der Waals surface area contributed by atoms with Gasteiger partial charge >= 0.3 is 0 Å². The summed E-state index contributed by atoms with van der Waals surface area (Å²) in [6.07, 6.45) is 1.87. The van der Waals surface area contributed by atoms with E-state index in [2.05, 4.69) is 18.9 Å². The Hall–Kier alpha value is -1.39. The van der Waals surface area contributed by atoms with Crippen molar-refractivity contribution in [2.45, 2.75) is 33.5 Å². The fourth-order valence-electron chi connectivity index (χ4n) is 2.26. The van der Waals surface area contributed by atoms with Crippen molar-refractivity contribution in [2.75, 3.05) is 7.05 Å². The summed E-state index contributed by atoms with van der Waals surface area (Å²) in [6.45, 7) is 6.16. The van der Waals surface area contributed by atoms with Crippen LogP contribution in [-0.4, -0.2) is 21.7 Å². The molecule has 0 radical (unpaired) electrons. The third kappa shape index (κ3) is 3.19. The quantitative estimate of drug-likeness (QED) is 0.840. The molecule has 0 saturated heterocycles. The first-order valence-electron chi connectivity index (χ1n) is 6.65. The molecule has 0 atom stereocenters. The van der Waals surface area contributed by atoms with Gasteiger partial charge < -0.3 is 0 Å². The fourth-order valence-corrected chi connectivity index (χ4v) is 2.48. The van der Waals surface area contributed by atoms with E-state index in [9.17, 15) is 4.39 Å². The second kappa shape index (κ2) is 6.37. The lowest BCUT2D eigenvalue weighted by Crippen LogP contribution is -2.18. The molecule has 0 aliphatic heterocycles. The van der Waals surface area contributed by atoms with Crippen LogP contribution in [0.4, 0.5) is 4.39 Å². The van der Waals surface area contributed by atoms with E-state index in [0.717, 1.165) is 24.3 Å². The molecule has 20 heavy (non-hydrogen) atoms. The number of nitrogens with zero attached hydrogens (tertiary/aromatic N) is 3. The standard InChI is InChI=1S/C15H19ClFN3/c1-4-20-11(2)12(8-18-20)9-19(3)10-13-14(16)6-5-7-15(13)17/h5-8H,4,9-10H2,1-3H3. The van der Waals surface area contributed by atoms with Crippen LogP contribution in [0.5, 0.6) is 0 Å². The first-order chi connectivity index (χ1) is 9.52. The lowest BCUT2D eigenvalue weighted by atomic mass is 10.2. The maximum Gasteiger partial charge on any atom is 0.129 e. The molecule has 1 heterocycles. The first-order valence-corrected chi connectivity index (χ1v) is 7.03. The zero-order chi connectivity index (χ0) is 14.7. The SMILES string of the molecule is CCn1ncc(CN(C)Cc2c(F)cccc2Cl)c1C. The van der Waals surface area contributed by atoms with Crippen molar-refractivity contribution in [3.63, 3.8) is 0 Å². The number of rotatable bonds is 5. The summed E-state index contributed by atoms with van der Waals surface area (Å²) in [5.74, 6) is -0.259. The van der Waals surface area contributed by atoms with Gasteiger partial charge in [-0.05, 0) is 33.0 Å². The highest BCUT2D eigenvalue weighted by molar-refractivity contribution is 6.31. The molecule has 1 aromatic heterocycles. The minimum absolute atomic E-state index is 0.259. The minimum atomic E-state index is -0.259. The lowest BCUT2D eigenvalue weighted by Gasteiger charge is -2.17. The van der Waals surface area contributed by atoms with Crippen molar-refractivity contribution in [1.82, 2.24) is 14.7 Å². The predicted octanol–water partition coefficient (Wildman–Crippen LogP) is 3.64. The molecule has 0 unspecified atom stereocenters. The number of hydrogen-bond donors (Lipinski definition) is 0. The summed E-state index contributed by atoms with van der Waals surface area (Å²) in [7, 11) is 1.95. The zero-order valence-electron chi connectivity index (χ0n) is 12.0. The molecule has 0 amide bonds. The largest absolute Gasteiger partial charge is 0.298 e. The van der Waals surface area contributed by atoms with Crippen molar-refractivity contribution in [3.8, 4) is 0 Å². The van der Waals surface area contributed by atoms with Crippen LogP contribution in [0.25, 0.3) is 0 Å². The zero-order valence-corrected chi connectivity index (χ0v) is 12.8. The van der Waals surface area contributed by atoms with Crippen LogP contribution >= 0.6 is 11.6 Å². The molecular formula is C15H19ClFN3. The van der Waals surface area contributed by atoms with Crippen LogP contribution in [-0.2, 0) is 19.6 Å². The molecule has 0 spiro atoms. The maximum absolute atomic E-state index is 13.8. The molecule has 0 fully saturated rings. The van der Waals surface area contributed by atoms with Gasteiger partial charge in [0.2, 0.25) is 0 Å². The van der Waals surface area contributed by atoms with Crippen molar-refractivity contribution >= 4 is 11.6 Å². The third-order valence-corrected chi connectivity index (χ3v) is 3.79. The van der Waals surface area contributed by atoms with E-state index in [4.69, 9.17) is 11.6 Å². The molecule has 5 heteroatoms. The monoisotopic (exact) mass is 295 g/mol. The number of benzene rings is 1. The number of aryl methyl sites for hydroxylation is 1. The predicted molar refractivity (Wildman–Crippen MR) is 79.2 cm³/mol. The van der Waals surface area contributed by atoms with Gasteiger partial charge in [0.15, 0.2) is 0 Å². The van der Waals surface area contributed by atoms with Crippen LogP contribution in [0.15, 0.2) is 24.4 Å². The van der Waals surface area contributed by atoms with Gasteiger partial charge in [0, 0.05) is 41.5 Å². The van der Waals surface area contributed by atoms with Crippen LogP contribution < -0.4 is 0 Å². The molecule has 0 aliphatic carbocycles. The van der Waals surface area contributed by atoms with E-state index in [1.807, 2.05) is 22.8 Å². The van der Waals surface area contributed by atoms with E-state index >= 15 is 0 Å². The van der Waals surface area contributed by atoms with Gasteiger partial charge in [-0.1, -0.05) is 17.7 Å². The summed E-state index contributed by atoms with van der Waals surface area (Å²) in [6, 6.07) is 4.78. The van der Waals surface area contributed by atoms with Gasteiger partial charge in [-0.3, -0.25) is 9.58 Å². The van der Waals surface area contributed by atoms with Gasteiger partial charge in [-0.25, -0.2) is 4.39 Å². The van der Waals surface area contributed by atoms with Crippen LogP contribution in [0.3, 0.4) is 0 Å². The van der Waals surface area contributed by atoms with E-state index in [1.54, 1.807) is 12.1 Å². The minimum Gasteiger partial charge on any atom is -0.298 e. The summed E-state index contributed by atoms with van der Waals surface area (Å²) < 4.78 is 15.7. The smallest absolute Gasteiger partial charge is 0.129 e. The number of halogens is 2. The molecule has 0 saturated carbocycles. The summed E-state index contributed by atoms with van der Waals surface area (Å²) in [5.41, 5.74) is 2.85. The molecule has 2 rings (SSSR count). The van der Waals surface area contributed by atoms with Crippen molar-refractivity contribution < 1.29 is 4.39 Å². The Kier molecular flexibility index (Phi) is 4.78. The molecular weight excluding hydrogens is 277 g/mol. The van der Waals surface area contributed by atoms with E-state index < -0.39 is 0 Å². The van der Waals surface area contributed by atoms with E-state index in [-0.39, 0.29) is 5.82 Å². The Balaban J connectivity index is 2.09. The van der Waals surface area contributed by atoms with Gasteiger partial charge in [-0.15, -0.1) is 0 Å². The normalized spacial score (nSPS) is 11.3. The van der Waals surface area contributed by atoms with Crippen LogP contribution in [0.2, 0.25) is 5.02 Å². The fraction of sp³-hybridized carbons (Fsp3) is 0.400. The lowest BCUT2D eigenvalue weighted by molar-refractivity contribution is 0.313. The Morgan fingerprint density at radius 3 is 2.70 bits per heavy atom. The molecule has 0 N–H and O–H groups in total. The van der Waals surface area contributed by atoms with Crippen LogP contribution in [0, 0.1) is 12.7 Å². The summed E-state index contributed by atoms with van der Waals surface area (Å²) in [5, 5.41) is 4.79. The van der Waals surface area contributed by atoms with Crippen LogP contribution in [0.1, 0.15) is 23.7 Å². The molecule has 108 valence electrons. The summed E-state index contributed by atoms with van der Waals surface area (Å²) >= 11 is 6.05. The molecule has 3 nitrogen and oxygen atoms in total. The second-order valence-corrected chi connectivity index (χ2v) is 5.35. The van der Waals surface area contributed by atoms with Crippen molar-refractivity contribution in [3.05, 3.63) is 52.1 Å². The van der Waals surface area contributed by atoms with E-state index in [0.29, 0.717) is 17.1 Å². The third-order valence-electron chi connectivity index (χ3n) is 3.43. The topological polar surface area (TPSA) is 21.1 Å². The van der Waals surface area contributed by atoms with Gasteiger partial charge in [0.05, 0.1) is 6.20 Å². The van der Waals surface area contributed by atoms with Gasteiger partial charge in [-0.2, -0.15) is 5.10 Å². The number of aromatic nitrogens is 2. The Morgan fingerprint density at radius 1 is 1.35 bits per heavy atom. The maximum atomic E-state index is 13.8. The molecule has 2 aromatic rings. The molecule has 1 aromatic carbocycles. The van der Waals surface area contributed by atoms with E-state index in [1.165, 1.54) is 6.07 Å². The van der Waals surface area contributed by atoms with Crippen molar-refractivity contribution in [1.29, 1.82) is 0 Å². The Labute approximate surface area is 124 Å². The Bertz CT molecular complexity index is 575. The highest BCUT2D eigenvalue weighted by atomic mass is 35.5. The van der Waals surface area contributed by atoms with Gasteiger partial charge in [0.1, 0.15) is 5.82 Å². The highest BCUT2D eigenvalue weighted by Crippen LogP contribution is 2.21. The first kappa shape index (κ1) is 15.0.